The van der Waals surface area contributed by atoms with Crippen molar-refractivity contribution in [3.05, 3.63) is 41.8 Å². The van der Waals surface area contributed by atoms with Gasteiger partial charge in [-0.1, -0.05) is 26.0 Å². The Morgan fingerprint density at radius 2 is 2.20 bits per heavy atom. The van der Waals surface area contributed by atoms with Crippen molar-refractivity contribution in [2.45, 2.75) is 33.0 Å². The van der Waals surface area contributed by atoms with Gasteiger partial charge in [0.05, 0.1) is 12.8 Å². The summed E-state index contributed by atoms with van der Waals surface area (Å²) in [5.41, 5.74) is 1.84. The minimum Gasteiger partial charge on any atom is -0.497 e. The van der Waals surface area contributed by atoms with Crippen LogP contribution in [0, 0.1) is 0 Å². The quantitative estimate of drug-likeness (QED) is 0.842. The lowest BCUT2D eigenvalue weighted by atomic mass is 10.2. The normalized spacial score (nSPS) is 10.8. The largest absolute Gasteiger partial charge is 0.497 e. The van der Waals surface area contributed by atoms with Crippen LogP contribution in [0.4, 0.5) is 0 Å². The third-order valence-corrected chi connectivity index (χ3v) is 2.72. The molecule has 1 aromatic heterocycles. The van der Waals surface area contributed by atoms with Crippen LogP contribution in [-0.2, 0) is 13.2 Å². The zero-order valence-corrected chi connectivity index (χ0v) is 12.1. The van der Waals surface area contributed by atoms with Gasteiger partial charge >= 0.3 is 6.08 Å². The van der Waals surface area contributed by atoms with Crippen LogP contribution in [0.15, 0.2) is 34.9 Å². The zero-order valence-electron chi connectivity index (χ0n) is 12.1. The van der Waals surface area contributed by atoms with Gasteiger partial charge in [-0.25, -0.2) is 0 Å². The minimum absolute atomic E-state index is 0.286. The van der Waals surface area contributed by atoms with Gasteiger partial charge in [0.1, 0.15) is 18.6 Å². The summed E-state index contributed by atoms with van der Waals surface area (Å²) in [6.07, 6.45) is 1.89. The maximum Gasteiger partial charge on any atom is 0.394 e. The topological polar surface area (TPSA) is 56.5 Å². The molecule has 0 aliphatic rings. The molecular formula is C15H20N2O3. The van der Waals surface area contributed by atoms with Crippen LogP contribution in [0.2, 0.25) is 0 Å². The molecule has 2 aromatic rings. The monoisotopic (exact) mass is 276 g/mol. The van der Waals surface area contributed by atoms with Crippen molar-refractivity contribution >= 4 is 0 Å². The number of hydrogen-bond donors (Lipinski definition) is 1. The fourth-order valence-corrected chi connectivity index (χ4v) is 1.65. The summed E-state index contributed by atoms with van der Waals surface area (Å²) in [5, 5.41) is 3.27. The fraction of sp³-hybridized carbons (Fsp3) is 0.400. The number of rotatable bonds is 7. The van der Waals surface area contributed by atoms with Crippen molar-refractivity contribution in [3.8, 4) is 11.8 Å². The predicted molar refractivity (Wildman–Crippen MR) is 75.8 cm³/mol. The van der Waals surface area contributed by atoms with Crippen LogP contribution in [-0.4, -0.2) is 18.1 Å². The van der Waals surface area contributed by atoms with Crippen LogP contribution in [0.3, 0.4) is 0 Å². The number of methoxy groups -OCH3 is 1. The van der Waals surface area contributed by atoms with E-state index < -0.39 is 0 Å². The van der Waals surface area contributed by atoms with Crippen molar-refractivity contribution in [2.24, 2.45) is 0 Å². The number of hydrogen-bond acceptors (Lipinski definition) is 5. The molecule has 1 heterocycles. The lowest BCUT2D eigenvalue weighted by molar-refractivity contribution is 0.219. The molecule has 1 N–H and O–H groups in total. The second-order valence-corrected chi connectivity index (χ2v) is 4.78. The SMILES string of the molecule is COc1cccc(COc2nc(CNC(C)C)co2)c1. The number of ether oxygens (including phenoxy) is 2. The molecule has 0 fully saturated rings. The van der Waals surface area contributed by atoms with Crippen LogP contribution in [0.5, 0.6) is 11.8 Å². The lowest BCUT2D eigenvalue weighted by Gasteiger charge is -2.05. The predicted octanol–water partition coefficient (Wildman–Crippen LogP) is 2.76. The summed E-state index contributed by atoms with van der Waals surface area (Å²) in [6.45, 7) is 5.24. The Labute approximate surface area is 118 Å². The van der Waals surface area contributed by atoms with Gasteiger partial charge in [-0.15, -0.1) is 0 Å². The van der Waals surface area contributed by atoms with Crippen LogP contribution >= 0.6 is 0 Å². The summed E-state index contributed by atoms with van der Waals surface area (Å²) in [6, 6.07) is 8.11. The highest BCUT2D eigenvalue weighted by Gasteiger charge is 2.06. The smallest absolute Gasteiger partial charge is 0.394 e. The van der Waals surface area contributed by atoms with E-state index in [1.165, 1.54) is 0 Å². The Morgan fingerprint density at radius 3 is 2.95 bits per heavy atom. The first-order valence-corrected chi connectivity index (χ1v) is 6.61. The van der Waals surface area contributed by atoms with Gasteiger partial charge in [0, 0.05) is 12.6 Å². The maximum absolute atomic E-state index is 5.52. The average Bonchev–Trinajstić information content (AvgIpc) is 2.91. The van der Waals surface area contributed by atoms with Gasteiger partial charge in [0.25, 0.3) is 0 Å². The molecule has 20 heavy (non-hydrogen) atoms. The van der Waals surface area contributed by atoms with Crippen molar-refractivity contribution < 1.29 is 13.9 Å². The molecule has 1 aromatic carbocycles. The molecule has 0 radical (unpaired) electrons. The lowest BCUT2D eigenvalue weighted by Crippen LogP contribution is -2.21. The standard InChI is InChI=1S/C15H20N2O3/c1-11(2)16-8-13-10-20-15(17-13)19-9-12-5-4-6-14(7-12)18-3/h4-7,10-11,16H,8-9H2,1-3H3. The van der Waals surface area contributed by atoms with Gasteiger partial charge in [-0.05, 0) is 17.7 Å². The molecule has 5 nitrogen and oxygen atoms in total. The Bertz CT molecular complexity index is 537. The zero-order chi connectivity index (χ0) is 14.4. The molecule has 0 spiro atoms. The molecule has 2 rings (SSSR count). The average molecular weight is 276 g/mol. The number of nitrogens with zero attached hydrogens (tertiary/aromatic N) is 1. The van der Waals surface area contributed by atoms with Crippen LogP contribution in [0.1, 0.15) is 25.1 Å². The van der Waals surface area contributed by atoms with Crippen LogP contribution < -0.4 is 14.8 Å². The number of nitrogens with one attached hydrogen (secondary N) is 1. The van der Waals surface area contributed by atoms with Gasteiger partial charge in [0.2, 0.25) is 0 Å². The summed E-state index contributed by atoms with van der Waals surface area (Å²) < 4.78 is 16.0. The summed E-state index contributed by atoms with van der Waals surface area (Å²) in [7, 11) is 1.64. The van der Waals surface area contributed by atoms with E-state index in [1.54, 1.807) is 13.4 Å². The van der Waals surface area contributed by atoms with E-state index in [-0.39, 0.29) is 6.08 Å². The second-order valence-electron chi connectivity index (χ2n) is 4.78. The third kappa shape index (κ3) is 4.28. The molecule has 5 heteroatoms. The summed E-state index contributed by atoms with van der Waals surface area (Å²) >= 11 is 0. The van der Waals surface area contributed by atoms with Gasteiger partial charge in [0.15, 0.2) is 0 Å². The molecule has 0 amide bonds. The van der Waals surface area contributed by atoms with Crippen molar-refractivity contribution in [3.63, 3.8) is 0 Å². The first-order chi connectivity index (χ1) is 9.67. The Morgan fingerprint density at radius 1 is 1.35 bits per heavy atom. The Hall–Kier alpha value is -2.01. The van der Waals surface area contributed by atoms with Crippen molar-refractivity contribution in [1.29, 1.82) is 0 Å². The van der Waals surface area contributed by atoms with Crippen LogP contribution in [0.25, 0.3) is 0 Å². The van der Waals surface area contributed by atoms with E-state index in [9.17, 15) is 0 Å². The van der Waals surface area contributed by atoms with E-state index in [0.717, 1.165) is 17.0 Å². The molecule has 0 unspecified atom stereocenters. The highest BCUT2D eigenvalue weighted by Crippen LogP contribution is 2.16. The molecule has 0 aliphatic carbocycles. The van der Waals surface area contributed by atoms with Crippen molar-refractivity contribution in [1.82, 2.24) is 10.3 Å². The van der Waals surface area contributed by atoms with Gasteiger partial charge < -0.3 is 19.2 Å². The maximum atomic E-state index is 5.52. The first-order valence-electron chi connectivity index (χ1n) is 6.61. The van der Waals surface area contributed by atoms with E-state index >= 15 is 0 Å². The molecule has 0 atom stereocenters. The highest BCUT2D eigenvalue weighted by molar-refractivity contribution is 5.28. The van der Waals surface area contributed by atoms with E-state index in [4.69, 9.17) is 13.9 Å². The van der Waals surface area contributed by atoms with Gasteiger partial charge in [-0.2, -0.15) is 4.98 Å². The van der Waals surface area contributed by atoms with E-state index in [0.29, 0.717) is 19.2 Å². The fourth-order valence-electron chi connectivity index (χ4n) is 1.65. The molecule has 0 saturated carbocycles. The van der Waals surface area contributed by atoms with Gasteiger partial charge in [-0.3, -0.25) is 0 Å². The van der Waals surface area contributed by atoms with E-state index in [2.05, 4.69) is 24.1 Å². The van der Waals surface area contributed by atoms with E-state index in [1.807, 2.05) is 24.3 Å². The first kappa shape index (κ1) is 14.4. The molecular weight excluding hydrogens is 256 g/mol. The third-order valence-electron chi connectivity index (χ3n) is 2.72. The van der Waals surface area contributed by atoms with Crippen molar-refractivity contribution in [2.75, 3.05) is 7.11 Å². The summed E-state index contributed by atoms with van der Waals surface area (Å²) in [4.78, 5) is 4.26. The molecule has 0 bridgehead atoms. The Kier molecular flexibility index (Phi) is 5.01. The number of benzene rings is 1. The Balaban J connectivity index is 1.87. The molecule has 0 aliphatic heterocycles. The molecule has 108 valence electrons. The number of oxazole rings is 1. The minimum atomic E-state index is 0.286. The highest BCUT2D eigenvalue weighted by atomic mass is 16.6. The molecule has 0 saturated heterocycles. The second kappa shape index (κ2) is 6.96. The number of aromatic nitrogens is 1. The summed E-state index contributed by atoms with van der Waals surface area (Å²) in [5.74, 6) is 0.806.